The molecule has 4 heteroatoms. The Labute approximate surface area is 133 Å². The van der Waals surface area contributed by atoms with Crippen LogP contribution in [0.25, 0.3) is 0 Å². The van der Waals surface area contributed by atoms with Crippen LogP contribution in [0.1, 0.15) is 43.2 Å². The van der Waals surface area contributed by atoms with Crippen LogP contribution in [-0.4, -0.2) is 42.6 Å². The molecule has 2 fully saturated rings. The number of rotatable bonds is 5. The molecule has 0 spiro atoms. The summed E-state index contributed by atoms with van der Waals surface area (Å²) in [5, 5.41) is 3.40. The van der Waals surface area contributed by atoms with Crippen LogP contribution in [0, 0.1) is 6.92 Å². The van der Waals surface area contributed by atoms with E-state index in [1.54, 1.807) is 0 Å². The van der Waals surface area contributed by atoms with Crippen LogP contribution in [0.3, 0.4) is 0 Å². The molecule has 1 aliphatic carbocycles. The van der Waals surface area contributed by atoms with E-state index in [2.05, 4.69) is 53.3 Å². The fourth-order valence-electron chi connectivity index (χ4n) is 3.66. The third kappa shape index (κ3) is 3.43. The maximum absolute atomic E-state index is 6.08. The van der Waals surface area contributed by atoms with Crippen molar-refractivity contribution in [1.82, 2.24) is 10.2 Å². The Morgan fingerprint density at radius 1 is 1.41 bits per heavy atom. The van der Waals surface area contributed by atoms with Crippen LogP contribution < -0.4 is 11.1 Å². The van der Waals surface area contributed by atoms with Crippen molar-refractivity contribution in [2.45, 2.75) is 51.1 Å². The molecule has 1 saturated carbocycles. The standard InChI is InChI=1S/C18H28N4/c1-3-22-10-6-8-14(22)12-20-18(19)21-17-11-16(17)15-9-5-4-7-13(15)2/h4-5,7,9,14,16-17H,3,6,8,10-12H2,1-2H3,(H3,19,20,21). The van der Waals surface area contributed by atoms with Gasteiger partial charge in [0.25, 0.3) is 0 Å². The molecule has 1 aromatic rings. The highest BCUT2D eigenvalue weighted by atomic mass is 15.2. The zero-order valence-corrected chi connectivity index (χ0v) is 13.8. The third-order valence-electron chi connectivity index (χ3n) is 5.09. The first-order valence-corrected chi connectivity index (χ1v) is 8.55. The van der Waals surface area contributed by atoms with Crippen molar-refractivity contribution < 1.29 is 0 Å². The van der Waals surface area contributed by atoms with Gasteiger partial charge in [0.15, 0.2) is 5.96 Å². The van der Waals surface area contributed by atoms with Crippen LogP contribution in [-0.2, 0) is 0 Å². The third-order valence-corrected chi connectivity index (χ3v) is 5.09. The number of nitrogens with one attached hydrogen (secondary N) is 1. The zero-order valence-electron chi connectivity index (χ0n) is 13.8. The Kier molecular flexibility index (Phi) is 4.67. The first-order valence-electron chi connectivity index (χ1n) is 8.55. The number of nitrogens with zero attached hydrogens (tertiary/aromatic N) is 2. The molecule has 0 aromatic heterocycles. The summed E-state index contributed by atoms with van der Waals surface area (Å²) >= 11 is 0. The molecular weight excluding hydrogens is 272 g/mol. The van der Waals surface area contributed by atoms with Crippen molar-refractivity contribution in [3.8, 4) is 0 Å². The normalized spacial score (nSPS) is 28.8. The Bertz CT molecular complexity index is 540. The quantitative estimate of drug-likeness (QED) is 0.648. The number of aryl methyl sites for hydroxylation is 1. The Balaban J connectivity index is 1.50. The SMILES string of the molecule is CCN1CCCC1CN=C(N)NC1CC1c1ccccc1C. The van der Waals surface area contributed by atoms with Crippen molar-refractivity contribution in [3.63, 3.8) is 0 Å². The van der Waals surface area contributed by atoms with Gasteiger partial charge in [0, 0.05) is 18.0 Å². The van der Waals surface area contributed by atoms with E-state index in [9.17, 15) is 0 Å². The summed E-state index contributed by atoms with van der Waals surface area (Å²) in [6.07, 6.45) is 3.70. The molecule has 3 atom stereocenters. The smallest absolute Gasteiger partial charge is 0.188 e. The molecule has 3 rings (SSSR count). The van der Waals surface area contributed by atoms with Gasteiger partial charge in [0.05, 0.1) is 6.54 Å². The van der Waals surface area contributed by atoms with Crippen LogP contribution in [0.15, 0.2) is 29.3 Å². The van der Waals surface area contributed by atoms with E-state index in [1.165, 1.54) is 30.5 Å². The van der Waals surface area contributed by atoms with Crippen molar-refractivity contribution in [2.75, 3.05) is 19.6 Å². The Morgan fingerprint density at radius 2 is 2.23 bits per heavy atom. The molecule has 1 saturated heterocycles. The van der Waals surface area contributed by atoms with E-state index in [4.69, 9.17) is 5.73 Å². The van der Waals surface area contributed by atoms with Gasteiger partial charge in [-0.15, -0.1) is 0 Å². The van der Waals surface area contributed by atoms with Gasteiger partial charge in [-0.2, -0.15) is 0 Å². The van der Waals surface area contributed by atoms with Gasteiger partial charge in [0.1, 0.15) is 0 Å². The molecule has 1 heterocycles. The van der Waals surface area contributed by atoms with E-state index in [1.807, 2.05) is 0 Å². The number of aliphatic imine (C=N–C) groups is 1. The lowest BCUT2D eigenvalue weighted by Crippen LogP contribution is -2.37. The first-order chi connectivity index (χ1) is 10.7. The molecule has 0 radical (unpaired) electrons. The number of likely N-dealkylation sites (N-methyl/N-ethyl adjacent to an activating group) is 1. The molecular formula is C18H28N4. The van der Waals surface area contributed by atoms with Crippen molar-refractivity contribution in [2.24, 2.45) is 10.7 Å². The lowest BCUT2D eigenvalue weighted by Gasteiger charge is -2.21. The Morgan fingerprint density at radius 3 is 3.00 bits per heavy atom. The maximum atomic E-state index is 6.08. The van der Waals surface area contributed by atoms with E-state index in [0.717, 1.165) is 19.5 Å². The lowest BCUT2D eigenvalue weighted by atomic mass is 10.0. The molecule has 2 aliphatic rings. The second kappa shape index (κ2) is 6.69. The second-order valence-corrected chi connectivity index (χ2v) is 6.60. The summed E-state index contributed by atoms with van der Waals surface area (Å²) in [6, 6.07) is 9.66. The minimum Gasteiger partial charge on any atom is -0.370 e. The van der Waals surface area contributed by atoms with Crippen LogP contribution in [0.5, 0.6) is 0 Å². The lowest BCUT2D eigenvalue weighted by molar-refractivity contribution is 0.273. The highest BCUT2D eigenvalue weighted by molar-refractivity contribution is 5.78. The van der Waals surface area contributed by atoms with Crippen LogP contribution in [0.2, 0.25) is 0 Å². The van der Waals surface area contributed by atoms with Gasteiger partial charge in [-0.25, -0.2) is 0 Å². The van der Waals surface area contributed by atoms with E-state index in [0.29, 0.717) is 24.0 Å². The predicted octanol–water partition coefficient (Wildman–Crippen LogP) is 2.24. The number of likely N-dealkylation sites (tertiary alicyclic amines) is 1. The van der Waals surface area contributed by atoms with E-state index < -0.39 is 0 Å². The van der Waals surface area contributed by atoms with Crippen LogP contribution >= 0.6 is 0 Å². The second-order valence-electron chi connectivity index (χ2n) is 6.60. The number of hydrogen-bond acceptors (Lipinski definition) is 2. The highest BCUT2D eigenvalue weighted by Crippen LogP contribution is 2.41. The molecule has 4 nitrogen and oxygen atoms in total. The van der Waals surface area contributed by atoms with Crippen molar-refractivity contribution >= 4 is 5.96 Å². The molecule has 0 bridgehead atoms. The molecule has 3 unspecified atom stereocenters. The average Bonchev–Trinajstić information content (AvgIpc) is 3.11. The number of hydrogen-bond donors (Lipinski definition) is 2. The molecule has 0 amide bonds. The highest BCUT2D eigenvalue weighted by Gasteiger charge is 2.39. The van der Waals surface area contributed by atoms with E-state index in [-0.39, 0.29) is 0 Å². The zero-order chi connectivity index (χ0) is 15.5. The van der Waals surface area contributed by atoms with Gasteiger partial charge in [0.2, 0.25) is 0 Å². The van der Waals surface area contributed by atoms with Gasteiger partial charge < -0.3 is 11.1 Å². The van der Waals surface area contributed by atoms with Gasteiger partial charge in [-0.3, -0.25) is 9.89 Å². The first kappa shape index (κ1) is 15.3. The van der Waals surface area contributed by atoms with Gasteiger partial charge >= 0.3 is 0 Å². The Hall–Kier alpha value is -1.55. The minimum absolute atomic E-state index is 0.454. The summed E-state index contributed by atoms with van der Waals surface area (Å²) < 4.78 is 0. The topological polar surface area (TPSA) is 53.6 Å². The number of nitrogens with two attached hydrogens (primary N) is 1. The summed E-state index contributed by atoms with van der Waals surface area (Å²) in [6.45, 7) is 7.56. The minimum atomic E-state index is 0.454. The van der Waals surface area contributed by atoms with Crippen LogP contribution in [0.4, 0.5) is 0 Å². The predicted molar refractivity (Wildman–Crippen MR) is 92.2 cm³/mol. The van der Waals surface area contributed by atoms with Gasteiger partial charge in [-0.05, 0) is 50.4 Å². The fraction of sp³-hybridized carbons (Fsp3) is 0.611. The summed E-state index contributed by atoms with van der Waals surface area (Å²) in [7, 11) is 0. The monoisotopic (exact) mass is 300 g/mol. The van der Waals surface area contributed by atoms with Crippen molar-refractivity contribution in [1.29, 1.82) is 0 Å². The summed E-state index contributed by atoms with van der Waals surface area (Å²) in [4.78, 5) is 7.08. The molecule has 1 aliphatic heterocycles. The molecule has 1 aromatic carbocycles. The summed E-state index contributed by atoms with van der Waals surface area (Å²) in [5.41, 5.74) is 8.90. The molecule has 3 N–H and O–H groups in total. The summed E-state index contributed by atoms with van der Waals surface area (Å²) in [5.74, 6) is 1.21. The largest absolute Gasteiger partial charge is 0.370 e. The molecule has 120 valence electrons. The number of benzene rings is 1. The average molecular weight is 300 g/mol. The maximum Gasteiger partial charge on any atom is 0.188 e. The van der Waals surface area contributed by atoms with Gasteiger partial charge in [-0.1, -0.05) is 31.2 Å². The molecule has 22 heavy (non-hydrogen) atoms. The van der Waals surface area contributed by atoms with Crippen molar-refractivity contribution in [3.05, 3.63) is 35.4 Å². The fourth-order valence-corrected chi connectivity index (χ4v) is 3.66. The van der Waals surface area contributed by atoms with E-state index >= 15 is 0 Å². The number of guanidine groups is 1.